The van der Waals surface area contributed by atoms with Gasteiger partial charge in [-0.3, -0.25) is 4.79 Å². The Morgan fingerprint density at radius 3 is 2.16 bits per heavy atom. The van der Waals surface area contributed by atoms with Gasteiger partial charge in [-0.1, -0.05) is 0 Å². The molecule has 0 amide bonds. The van der Waals surface area contributed by atoms with Crippen LogP contribution in [0.2, 0.25) is 0 Å². The van der Waals surface area contributed by atoms with E-state index in [0.717, 1.165) is 6.07 Å². The summed E-state index contributed by atoms with van der Waals surface area (Å²) in [5.41, 5.74) is -0.456. The van der Waals surface area contributed by atoms with Crippen LogP contribution >= 0.6 is 0 Å². The highest BCUT2D eigenvalue weighted by molar-refractivity contribution is 5.89. The average Bonchev–Trinajstić information content (AvgIpc) is 3.01. The van der Waals surface area contributed by atoms with E-state index in [1.54, 1.807) is 0 Å². The third-order valence-corrected chi connectivity index (χ3v) is 7.73. The summed E-state index contributed by atoms with van der Waals surface area (Å²) in [7, 11) is 2.53. The van der Waals surface area contributed by atoms with E-state index in [0.29, 0.717) is 5.56 Å². The van der Waals surface area contributed by atoms with E-state index in [9.17, 15) is 45.6 Å². The molecule has 0 bridgehead atoms. The van der Waals surface area contributed by atoms with Crippen LogP contribution in [0.25, 0.3) is 22.3 Å². The summed E-state index contributed by atoms with van der Waals surface area (Å²) in [4.78, 5) is 13.0. The van der Waals surface area contributed by atoms with Crippen LogP contribution in [0.5, 0.6) is 28.7 Å². The van der Waals surface area contributed by atoms with Crippen LogP contribution in [-0.2, 0) is 14.2 Å². The number of benzene rings is 2. The summed E-state index contributed by atoms with van der Waals surface area (Å²) in [6, 6.07) is 6.56. The van der Waals surface area contributed by atoms with Gasteiger partial charge in [0, 0.05) is 17.7 Å². The van der Waals surface area contributed by atoms with Crippen LogP contribution in [0, 0.1) is 0 Å². The molecule has 246 valence electrons. The highest BCUT2D eigenvalue weighted by Gasteiger charge is 2.47. The zero-order valence-corrected chi connectivity index (χ0v) is 24.2. The molecule has 0 unspecified atom stereocenters. The van der Waals surface area contributed by atoms with Gasteiger partial charge >= 0.3 is 0 Å². The number of methoxy groups -OCH3 is 2. The molecular formula is C29H34O16. The standard InChI is InChI=1S/C29H34O16/c1-10-20(32)23(35)25(37)28(42-10)41-9-18-21(33)24(36)26(38)29(45-18)44-17-8-16-19(22(34)27(17)40-3)13(31)7-14(43-16)11-4-5-12(30)15(6-11)39-2/h4-8,10,18,20-21,23-26,28-30,32-38H,9H2,1-3H3/t10-,18+,20-,21+,23-,24-,25-,26+,28+,29+/m0/s1. The maximum absolute atomic E-state index is 13.0. The number of aliphatic hydroxyl groups excluding tert-OH is 6. The van der Waals surface area contributed by atoms with Crippen molar-refractivity contribution in [3.05, 3.63) is 40.6 Å². The molecule has 2 aromatic carbocycles. The lowest BCUT2D eigenvalue weighted by atomic mass is 9.98. The maximum atomic E-state index is 13.0. The molecule has 0 radical (unpaired) electrons. The SMILES string of the molecule is COc1cc(-c2cc(=O)c3c(O)c(OC)c(O[C@@H]4O[C@H](CO[C@@H]5O[C@@H](C)[C@H](O)[C@H](O)[C@@H]5O)[C@@H](O)[C@H](O)[C@H]4O)cc3o2)ccc1O. The molecule has 45 heavy (non-hydrogen) atoms. The summed E-state index contributed by atoms with van der Waals surface area (Å²) in [6.45, 7) is 0.918. The van der Waals surface area contributed by atoms with E-state index >= 15 is 0 Å². The van der Waals surface area contributed by atoms with Gasteiger partial charge in [-0.05, 0) is 25.1 Å². The topological polar surface area (TPSA) is 247 Å². The van der Waals surface area contributed by atoms with E-state index in [1.165, 1.54) is 45.4 Å². The molecule has 8 N–H and O–H groups in total. The zero-order valence-electron chi connectivity index (χ0n) is 24.2. The minimum atomic E-state index is -1.84. The molecule has 2 aliphatic rings. The molecule has 0 aliphatic carbocycles. The van der Waals surface area contributed by atoms with Crippen LogP contribution in [0.1, 0.15) is 6.92 Å². The van der Waals surface area contributed by atoms with E-state index in [2.05, 4.69) is 0 Å². The molecular weight excluding hydrogens is 604 g/mol. The smallest absolute Gasteiger partial charge is 0.229 e. The number of aliphatic hydroxyl groups is 6. The largest absolute Gasteiger partial charge is 0.504 e. The van der Waals surface area contributed by atoms with Crippen molar-refractivity contribution < 1.29 is 73.7 Å². The molecule has 0 saturated carbocycles. The third kappa shape index (κ3) is 6.11. The Bertz CT molecular complexity index is 1570. The van der Waals surface area contributed by atoms with Gasteiger partial charge in [-0.25, -0.2) is 0 Å². The van der Waals surface area contributed by atoms with Crippen molar-refractivity contribution in [1.82, 2.24) is 0 Å². The van der Waals surface area contributed by atoms with E-state index < -0.39 is 79.2 Å². The van der Waals surface area contributed by atoms with Gasteiger partial charge in [-0.15, -0.1) is 0 Å². The van der Waals surface area contributed by atoms with Crippen molar-refractivity contribution in [2.24, 2.45) is 0 Å². The number of rotatable bonds is 8. The predicted molar refractivity (Wildman–Crippen MR) is 150 cm³/mol. The lowest BCUT2D eigenvalue weighted by Crippen LogP contribution is -2.61. The van der Waals surface area contributed by atoms with Crippen LogP contribution in [0.3, 0.4) is 0 Å². The fourth-order valence-corrected chi connectivity index (χ4v) is 5.14. The molecule has 2 fully saturated rings. The first-order chi connectivity index (χ1) is 21.4. The van der Waals surface area contributed by atoms with Crippen molar-refractivity contribution in [2.75, 3.05) is 20.8 Å². The van der Waals surface area contributed by atoms with Crippen molar-refractivity contribution in [2.45, 2.75) is 68.3 Å². The van der Waals surface area contributed by atoms with Crippen LogP contribution in [0.15, 0.2) is 39.5 Å². The molecule has 2 aliphatic heterocycles. The second kappa shape index (κ2) is 13.0. The van der Waals surface area contributed by atoms with Gasteiger partial charge in [0.25, 0.3) is 0 Å². The predicted octanol–water partition coefficient (Wildman–Crippen LogP) is -1.08. The fraction of sp³-hybridized carbons (Fsp3) is 0.483. The van der Waals surface area contributed by atoms with Gasteiger partial charge in [-0.2, -0.15) is 0 Å². The first-order valence-corrected chi connectivity index (χ1v) is 13.8. The second-order valence-electron chi connectivity index (χ2n) is 10.6. The van der Waals surface area contributed by atoms with Gasteiger partial charge in [0.05, 0.1) is 26.9 Å². The van der Waals surface area contributed by atoms with Gasteiger partial charge < -0.3 is 73.7 Å². The Labute approximate surface area is 254 Å². The maximum Gasteiger partial charge on any atom is 0.229 e. The van der Waals surface area contributed by atoms with Crippen LogP contribution in [0.4, 0.5) is 0 Å². The Hall–Kier alpha value is -3.71. The lowest BCUT2D eigenvalue weighted by molar-refractivity contribution is -0.318. The number of ether oxygens (including phenoxy) is 6. The summed E-state index contributed by atoms with van der Waals surface area (Å²) in [5.74, 6) is -1.25. The van der Waals surface area contributed by atoms with Gasteiger partial charge in [0.1, 0.15) is 59.5 Å². The lowest BCUT2D eigenvalue weighted by Gasteiger charge is -2.42. The first-order valence-electron chi connectivity index (χ1n) is 13.8. The molecule has 0 spiro atoms. The van der Waals surface area contributed by atoms with Crippen LogP contribution < -0.4 is 19.6 Å². The summed E-state index contributed by atoms with van der Waals surface area (Å²) in [5, 5.41) is 82.5. The normalized spacial score (nSPS) is 31.9. The van der Waals surface area contributed by atoms with E-state index in [4.69, 9.17) is 32.8 Å². The van der Waals surface area contributed by atoms with Crippen molar-refractivity contribution in [1.29, 1.82) is 0 Å². The third-order valence-electron chi connectivity index (χ3n) is 7.73. The molecule has 1 aromatic heterocycles. The molecule has 3 aromatic rings. The van der Waals surface area contributed by atoms with Gasteiger partial charge in [0.15, 0.2) is 34.7 Å². The number of phenols is 2. The highest BCUT2D eigenvalue weighted by atomic mass is 16.7. The molecule has 5 rings (SSSR count). The number of fused-ring (bicyclic) bond motifs is 1. The van der Waals surface area contributed by atoms with Crippen molar-refractivity contribution in [3.63, 3.8) is 0 Å². The van der Waals surface area contributed by atoms with Gasteiger partial charge in [0.2, 0.25) is 12.0 Å². The Kier molecular flexibility index (Phi) is 9.41. The number of hydrogen-bond donors (Lipinski definition) is 8. The molecule has 10 atom stereocenters. The molecule has 16 heteroatoms. The summed E-state index contributed by atoms with van der Waals surface area (Å²) < 4.78 is 38.5. The van der Waals surface area contributed by atoms with E-state index in [1.807, 2.05) is 0 Å². The highest BCUT2D eigenvalue weighted by Crippen LogP contribution is 2.44. The fourth-order valence-electron chi connectivity index (χ4n) is 5.14. The van der Waals surface area contributed by atoms with Crippen LogP contribution in [-0.4, -0.2) is 123 Å². The summed E-state index contributed by atoms with van der Waals surface area (Å²) in [6.07, 6.45) is -15.4. The Morgan fingerprint density at radius 2 is 1.47 bits per heavy atom. The zero-order chi connectivity index (χ0) is 32.7. The molecule has 16 nitrogen and oxygen atoms in total. The van der Waals surface area contributed by atoms with Crippen molar-refractivity contribution >= 4 is 11.0 Å². The monoisotopic (exact) mass is 638 g/mol. The Morgan fingerprint density at radius 1 is 0.778 bits per heavy atom. The minimum absolute atomic E-state index is 0.0464. The number of aromatic hydroxyl groups is 2. The first kappa shape index (κ1) is 32.7. The second-order valence-corrected chi connectivity index (χ2v) is 10.6. The quantitative estimate of drug-likeness (QED) is 0.146. The summed E-state index contributed by atoms with van der Waals surface area (Å²) >= 11 is 0. The molecule has 2 saturated heterocycles. The van der Waals surface area contributed by atoms with E-state index in [-0.39, 0.29) is 39.7 Å². The average molecular weight is 639 g/mol. The van der Waals surface area contributed by atoms with Crippen molar-refractivity contribution in [3.8, 4) is 40.1 Å². The molecule has 3 heterocycles. The Balaban J connectivity index is 1.43. The minimum Gasteiger partial charge on any atom is -0.504 e. The number of hydrogen-bond acceptors (Lipinski definition) is 16. The number of phenolic OH excluding ortho intramolecular Hbond substituents is 2.